The molecule has 0 aromatic heterocycles. The minimum absolute atomic E-state index is 0.695. The number of likely N-dealkylation sites (tertiary alicyclic amines) is 1. The largest absolute Gasteiger partial charge is 0.493 e. The number of halogens is 1. The van der Waals surface area contributed by atoms with Crippen LogP contribution in [0.5, 0.6) is 11.5 Å². The molecule has 0 radical (unpaired) electrons. The van der Waals surface area contributed by atoms with Gasteiger partial charge in [0.25, 0.3) is 0 Å². The van der Waals surface area contributed by atoms with E-state index in [0.29, 0.717) is 5.92 Å². The summed E-state index contributed by atoms with van der Waals surface area (Å²) >= 11 is 3.62. The molecule has 1 fully saturated rings. The molecule has 0 bridgehead atoms. The average molecular weight is 343 g/mol. The van der Waals surface area contributed by atoms with Crippen molar-refractivity contribution in [2.75, 3.05) is 33.9 Å². The molecule has 1 aliphatic rings. The van der Waals surface area contributed by atoms with E-state index in [9.17, 15) is 0 Å². The van der Waals surface area contributed by atoms with Crippen molar-refractivity contribution >= 4 is 15.9 Å². The standard InChI is InChI=1S/C15H23BrN2O2/c1-19-14-7-12(13(16)8-15(14)20-2)10-18-5-3-11(9-17)4-6-18/h7-8,11H,3-6,9-10,17H2,1-2H3. The third-order valence-electron chi connectivity index (χ3n) is 3.99. The topological polar surface area (TPSA) is 47.7 Å². The van der Waals surface area contributed by atoms with Crippen LogP contribution in [0.15, 0.2) is 16.6 Å². The van der Waals surface area contributed by atoms with E-state index < -0.39 is 0 Å². The fourth-order valence-corrected chi connectivity index (χ4v) is 3.09. The molecule has 20 heavy (non-hydrogen) atoms. The zero-order valence-electron chi connectivity index (χ0n) is 12.2. The lowest BCUT2D eigenvalue weighted by Crippen LogP contribution is -2.35. The van der Waals surface area contributed by atoms with Gasteiger partial charge in [0.1, 0.15) is 0 Å². The minimum Gasteiger partial charge on any atom is -0.493 e. The highest BCUT2D eigenvalue weighted by Gasteiger charge is 2.19. The van der Waals surface area contributed by atoms with Gasteiger partial charge in [0.05, 0.1) is 14.2 Å². The predicted octanol–water partition coefficient (Wildman–Crippen LogP) is 2.64. The van der Waals surface area contributed by atoms with Crippen molar-refractivity contribution in [2.24, 2.45) is 11.7 Å². The van der Waals surface area contributed by atoms with Crippen LogP contribution in [0.4, 0.5) is 0 Å². The molecule has 2 N–H and O–H groups in total. The van der Waals surface area contributed by atoms with Crippen LogP contribution >= 0.6 is 15.9 Å². The Hall–Kier alpha value is -0.780. The highest BCUT2D eigenvalue weighted by atomic mass is 79.9. The van der Waals surface area contributed by atoms with Crippen LogP contribution < -0.4 is 15.2 Å². The Morgan fingerprint density at radius 2 is 1.80 bits per heavy atom. The number of nitrogens with zero attached hydrogens (tertiary/aromatic N) is 1. The summed E-state index contributed by atoms with van der Waals surface area (Å²) in [6, 6.07) is 4.03. The van der Waals surface area contributed by atoms with Crippen LogP contribution in [-0.2, 0) is 6.54 Å². The van der Waals surface area contributed by atoms with E-state index in [1.165, 1.54) is 18.4 Å². The van der Waals surface area contributed by atoms with Gasteiger partial charge in [-0.25, -0.2) is 0 Å². The van der Waals surface area contributed by atoms with Crippen LogP contribution in [0.1, 0.15) is 18.4 Å². The molecule has 1 aromatic rings. The molecule has 0 aliphatic carbocycles. The van der Waals surface area contributed by atoms with Gasteiger partial charge in [0.15, 0.2) is 11.5 Å². The second-order valence-corrected chi connectivity index (χ2v) is 6.11. The fourth-order valence-electron chi connectivity index (χ4n) is 2.64. The third kappa shape index (κ3) is 3.65. The Morgan fingerprint density at radius 1 is 1.20 bits per heavy atom. The van der Waals surface area contributed by atoms with E-state index in [1.807, 2.05) is 6.07 Å². The molecule has 5 heteroatoms. The number of nitrogens with two attached hydrogens (primary N) is 1. The van der Waals surface area contributed by atoms with Crippen molar-refractivity contribution in [3.8, 4) is 11.5 Å². The Morgan fingerprint density at radius 3 is 2.35 bits per heavy atom. The average Bonchev–Trinajstić information content (AvgIpc) is 2.49. The van der Waals surface area contributed by atoms with Gasteiger partial charge in [-0.3, -0.25) is 4.90 Å². The van der Waals surface area contributed by atoms with Gasteiger partial charge in [-0.1, -0.05) is 15.9 Å². The van der Waals surface area contributed by atoms with Crippen LogP contribution in [0, 0.1) is 5.92 Å². The molecule has 2 rings (SSSR count). The molecule has 1 aromatic carbocycles. The van der Waals surface area contributed by atoms with Gasteiger partial charge in [0.2, 0.25) is 0 Å². The first-order valence-corrected chi connectivity index (χ1v) is 7.80. The molecule has 112 valence electrons. The maximum absolute atomic E-state index is 5.74. The van der Waals surface area contributed by atoms with Crippen molar-refractivity contribution in [1.82, 2.24) is 4.90 Å². The molecule has 1 aliphatic heterocycles. The zero-order valence-corrected chi connectivity index (χ0v) is 13.8. The lowest BCUT2D eigenvalue weighted by atomic mass is 9.97. The quantitative estimate of drug-likeness (QED) is 0.893. The molecule has 0 saturated carbocycles. The molecule has 0 amide bonds. The van der Waals surface area contributed by atoms with Gasteiger partial charge in [-0.05, 0) is 56.1 Å². The minimum atomic E-state index is 0.695. The Balaban J connectivity index is 2.06. The second kappa shape index (κ2) is 7.29. The fraction of sp³-hybridized carbons (Fsp3) is 0.600. The summed E-state index contributed by atoms with van der Waals surface area (Å²) in [5, 5.41) is 0. The SMILES string of the molecule is COc1cc(Br)c(CN2CCC(CN)CC2)cc1OC. The second-order valence-electron chi connectivity index (χ2n) is 5.25. The first kappa shape index (κ1) is 15.6. The van der Waals surface area contributed by atoms with Gasteiger partial charge in [-0.15, -0.1) is 0 Å². The Labute approximate surface area is 129 Å². The van der Waals surface area contributed by atoms with Crippen LogP contribution in [0.3, 0.4) is 0 Å². The number of rotatable bonds is 5. The number of hydrogen-bond acceptors (Lipinski definition) is 4. The summed E-state index contributed by atoms with van der Waals surface area (Å²) in [5.41, 5.74) is 6.97. The zero-order chi connectivity index (χ0) is 14.5. The molecule has 0 atom stereocenters. The molecular weight excluding hydrogens is 320 g/mol. The summed E-state index contributed by atoms with van der Waals surface area (Å²) in [4.78, 5) is 2.47. The normalized spacial score (nSPS) is 17.2. The maximum atomic E-state index is 5.74. The lowest BCUT2D eigenvalue weighted by molar-refractivity contribution is 0.180. The van der Waals surface area contributed by atoms with Gasteiger partial charge >= 0.3 is 0 Å². The molecule has 4 nitrogen and oxygen atoms in total. The Kier molecular flexibility index (Phi) is 5.69. The summed E-state index contributed by atoms with van der Waals surface area (Å²) in [7, 11) is 3.32. The van der Waals surface area contributed by atoms with E-state index in [-0.39, 0.29) is 0 Å². The molecule has 0 unspecified atom stereocenters. The van der Waals surface area contributed by atoms with Crippen LogP contribution in [-0.4, -0.2) is 38.8 Å². The number of ether oxygens (including phenoxy) is 2. The predicted molar refractivity (Wildman–Crippen MR) is 84.3 cm³/mol. The number of hydrogen-bond donors (Lipinski definition) is 1. The molecule has 1 heterocycles. The van der Waals surface area contributed by atoms with Crippen LogP contribution in [0.25, 0.3) is 0 Å². The smallest absolute Gasteiger partial charge is 0.161 e. The highest BCUT2D eigenvalue weighted by molar-refractivity contribution is 9.10. The number of piperidine rings is 1. The van der Waals surface area contributed by atoms with E-state index in [4.69, 9.17) is 15.2 Å². The van der Waals surface area contributed by atoms with Crippen LogP contribution in [0.2, 0.25) is 0 Å². The van der Waals surface area contributed by atoms with E-state index >= 15 is 0 Å². The third-order valence-corrected chi connectivity index (χ3v) is 4.73. The number of benzene rings is 1. The summed E-state index contributed by atoms with van der Waals surface area (Å²) in [5.74, 6) is 2.23. The van der Waals surface area contributed by atoms with Crippen molar-refractivity contribution in [2.45, 2.75) is 19.4 Å². The maximum Gasteiger partial charge on any atom is 0.161 e. The first-order chi connectivity index (χ1) is 9.67. The summed E-state index contributed by atoms with van der Waals surface area (Å²) < 4.78 is 11.7. The molecule has 1 saturated heterocycles. The number of methoxy groups -OCH3 is 2. The summed E-state index contributed by atoms with van der Waals surface area (Å²) in [6.07, 6.45) is 2.39. The van der Waals surface area contributed by atoms with Crippen molar-refractivity contribution in [3.63, 3.8) is 0 Å². The van der Waals surface area contributed by atoms with Gasteiger partial charge < -0.3 is 15.2 Å². The monoisotopic (exact) mass is 342 g/mol. The van der Waals surface area contributed by atoms with E-state index in [0.717, 1.165) is 42.2 Å². The van der Waals surface area contributed by atoms with Gasteiger partial charge in [0, 0.05) is 11.0 Å². The highest BCUT2D eigenvalue weighted by Crippen LogP contribution is 2.34. The first-order valence-electron chi connectivity index (χ1n) is 7.00. The lowest BCUT2D eigenvalue weighted by Gasteiger charge is -2.31. The van der Waals surface area contributed by atoms with Crippen molar-refractivity contribution < 1.29 is 9.47 Å². The Bertz CT molecular complexity index is 446. The van der Waals surface area contributed by atoms with Gasteiger partial charge in [-0.2, -0.15) is 0 Å². The summed E-state index contributed by atoms with van der Waals surface area (Å²) in [6.45, 7) is 3.97. The van der Waals surface area contributed by atoms with Crippen molar-refractivity contribution in [1.29, 1.82) is 0 Å². The molecule has 0 spiro atoms. The van der Waals surface area contributed by atoms with E-state index in [2.05, 4.69) is 26.9 Å². The molecular formula is C15H23BrN2O2. The van der Waals surface area contributed by atoms with E-state index in [1.54, 1.807) is 14.2 Å². The van der Waals surface area contributed by atoms with Crippen molar-refractivity contribution in [3.05, 3.63) is 22.2 Å².